The van der Waals surface area contributed by atoms with Crippen molar-refractivity contribution in [3.05, 3.63) is 96.1 Å². The van der Waals surface area contributed by atoms with Crippen LogP contribution in [0, 0.1) is 5.92 Å². The van der Waals surface area contributed by atoms with E-state index in [1.165, 1.54) is 0 Å². The van der Waals surface area contributed by atoms with Gasteiger partial charge in [0.1, 0.15) is 11.6 Å². The van der Waals surface area contributed by atoms with Crippen LogP contribution in [-0.2, 0) is 20.9 Å². The summed E-state index contributed by atoms with van der Waals surface area (Å²) in [5.41, 5.74) is 1.55. The van der Waals surface area contributed by atoms with E-state index in [0.717, 1.165) is 23.3 Å². The molecule has 246 valence electrons. The molecule has 4 N–H and O–H groups in total. The third-order valence-electron chi connectivity index (χ3n) is 8.79. The van der Waals surface area contributed by atoms with Crippen LogP contribution in [0.2, 0.25) is 0 Å². The summed E-state index contributed by atoms with van der Waals surface area (Å²) in [7, 11) is 0. The topological polar surface area (TPSA) is 148 Å². The number of nitrogens with zero attached hydrogens (tertiary/aromatic N) is 2. The molecule has 1 unspecified atom stereocenters. The number of carbonyl (C=O) groups excluding carboxylic acids is 4. The fourth-order valence-electron chi connectivity index (χ4n) is 6.52. The molecule has 5 rings (SSSR count). The zero-order valence-corrected chi connectivity index (χ0v) is 26.6. The van der Waals surface area contributed by atoms with Crippen LogP contribution in [0.4, 0.5) is 21.0 Å². The fourth-order valence-corrected chi connectivity index (χ4v) is 6.52. The van der Waals surface area contributed by atoms with Gasteiger partial charge in [-0.1, -0.05) is 87.4 Å². The van der Waals surface area contributed by atoms with Crippen LogP contribution in [-0.4, -0.2) is 56.3 Å². The zero-order chi connectivity index (χ0) is 33.6. The number of benzene rings is 3. The number of imide groups is 1. The summed E-state index contributed by atoms with van der Waals surface area (Å²) in [5.74, 6) is -2.06. The highest BCUT2D eigenvalue weighted by atomic mass is 16.4. The van der Waals surface area contributed by atoms with Gasteiger partial charge in [-0.3, -0.25) is 14.4 Å². The monoisotopic (exact) mass is 639 g/mol. The van der Waals surface area contributed by atoms with Crippen LogP contribution in [0.3, 0.4) is 0 Å². The lowest BCUT2D eigenvalue weighted by atomic mass is 9.93. The van der Waals surface area contributed by atoms with Crippen molar-refractivity contribution >= 4 is 41.2 Å². The smallest absolute Gasteiger partial charge is 0.328 e. The van der Waals surface area contributed by atoms with Crippen molar-refractivity contribution in [2.24, 2.45) is 5.92 Å². The predicted molar refractivity (Wildman–Crippen MR) is 177 cm³/mol. The van der Waals surface area contributed by atoms with E-state index in [9.17, 15) is 29.1 Å². The number of hydrogen-bond donors (Lipinski definition) is 4. The summed E-state index contributed by atoms with van der Waals surface area (Å²) >= 11 is 0. The summed E-state index contributed by atoms with van der Waals surface area (Å²) in [4.78, 5) is 69.3. The van der Waals surface area contributed by atoms with Gasteiger partial charge in [-0.25, -0.2) is 14.5 Å². The van der Waals surface area contributed by atoms with Crippen molar-refractivity contribution < 1.29 is 29.1 Å². The van der Waals surface area contributed by atoms with Crippen LogP contribution in [0.5, 0.6) is 0 Å². The van der Waals surface area contributed by atoms with E-state index < -0.39 is 41.6 Å². The summed E-state index contributed by atoms with van der Waals surface area (Å²) in [6.45, 7) is 3.98. The second-order valence-electron chi connectivity index (χ2n) is 12.6. The Morgan fingerprint density at radius 2 is 1.40 bits per heavy atom. The second-order valence-corrected chi connectivity index (χ2v) is 12.6. The molecule has 2 fully saturated rings. The standard InChI is InChI=1S/C36H41N5O6/c1-24(2)21-30(32(44)39-29(22-31(42)43)26-11-5-3-6-12-26)41-33(45)36(19-9-10-20-36)40(35(41)47)23-25-15-17-28(18-16-25)38-34(46)37-27-13-7-4-8-14-27/h3-8,11-18,24,29-30H,9-10,19-23H2,1-2H3,(H,39,44)(H,42,43)(H2,37,38,46)/t29?,30-/m0/s1. The van der Waals surface area contributed by atoms with Crippen molar-refractivity contribution in [1.29, 1.82) is 0 Å². The normalized spacial score (nSPS) is 16.7. The molecular weight excluding hydrogens is 598 g/mol. The summed E-state index contributed by atoms with van der Waals surface area (Å²) in [6.07, 6.45) is 2.43. The van der Waals surface area contributed by atoms with Crippen LogP contribution < -0.4 is 16.0 Å². The summed E-state index contributed by atoms with van der Waals surface area (Å²) < 4.78 is 0. The van der Waals surface area contributed by atoms with E-state index >= 15 is 0 Å². The molecule has 3 aromatic rings. The Morgan fingerprint density at radius 1 is 0.830 bits per heavy atom. The molecule has 2 aliphatic rings. The van der Waals surface area contributed by atoms with Gasteiger partial charge >= 0.3 is 18.0 Å². The first kappa shape index (κ1) is 33.2. The number of amides is 6. The lowest BCUT2D eigenvalue weighted by molar-refractivity contribution is -0.141. The maximum absolute atomic E-state index is 14.3. The first-order valence-corrected chi connectivity index (χ1v) is 16.0. The third-order valence-corrected chi connectivity index (χ3v) is 8.79. The van der Waals surface area contributed by atoms with E-state index in [2.05, 4.69) is 16.0 Å². The van der Waals surface area contributed by atoms with Crippen LogP contribution in [0.15, 0.2) is 84.9 Å². The number of urea groups is 2. The van der Waals surface area contributed by atoms with Crippen molar-refractivity contribution in [3.8, 4) is 0 Å². The number of carboxylic acid groups (broad SMARTS) is 1. The molecule has 11 heteroatoms. The van der Waals surface area contributed by atoms with E-state index in [4.69, 9.17) is 0 Å². The minimum absolute atomic E-state index is 0.0336. The molecular formula is C36H41N5O6. The minimum atomic E-state index is -1.10. The molecule has 1 saturated heterocycles. The average molecular weight is 640 g/mol. The van der Waals surface area contributed by atoms with Gasteiger partial charge in [0.05, 0.1) is 12.5 Å². The lowest BCUT2D eigenvalue weighted by Crippen LogP contribution is -2.52. The number of carboxylic acids is 1. The molecule has 0 radical (unpaired) electrons. The number of carbonyl (C=O) groups is 5. The Labute approximate surface area is 274 Å². The van der Waals surface area contributed by atoms with Crippen LogP contribution in [0.25, 0.3) is 0 Å². The van der Waals surface area contributed by atoms with Crippen LogP contribution in [0.1, 0.15) is 69.5 Å². The largest absolute Gasteiger partial charge is 0.481 e. The van der Waals surface area contributed by atoms with Gasteiger partial charge in [0.2, 0.25) is 5.91 Å². The predicted octanol–water partition coefficient (Wildman–Crippen LogP) is 6.15. The highest BCUT2D eigenvalue weighted by Crippen LogP contribution is 2.44. The van der Waals surface area contributed by atoms with E-state index in [1.807, 2.05) is 32.0 Å². The summed E-state index contributed by atoms with van der Waals surface area (Å²) in [6, 6.07) is 22.1. The number of para-hydroxylation sites is 1. The second kappa shape index (κ2) is 14.5. The van der Waals surface area contributed by atoms with E-state index in [-0.39, 0.29) is 31.2 Å². The molecule has 1 aliphatic carbocycles. The molecule has 47 heavy (non-hydrogen) atoms. The Morgan fingerprint density at radius 3 is 1.98 bits per heavy atom. The Balaban J connectivity index is 1.35. The first-order chi connectivity index (χ1) is 22.6. The zero-order valence-electron chi connectivity index (χ0n) is 26.6. The maximum Gasteiger partial charge on any atom is 0.328 e. The lowest BCUT2D eigenvalue weighted by Gasteiger charge is -2.31. The van der Waals surface area contributed by atoms with Gasteiger partial charge in [-0.15, -0.1) is 0 Å². The molecule has 1 aliphatic heterocycles. The maximum atomic E-state index is 14.3. The number of hydrogen-bond acceptors (Lipinski definition) is 5. The van der Waals surface area contributed by atoms with Crippen molar-refractivity contribution in [3.63, 3.8) is 0 Å². The number of aliphatic carboxylic acids is 1. The summed E-state index contributed by atoms with van der Waals surface area (Å²) in [5, 5.41) is 18.0. The highest BCUT2D eigenvalue weighted by molar-refractivity contribution is 6.10. The number of rotatable bonds is 12. The van der Waals surface area contributed by atoms with Gasteiger partial charge in [-0.2, -0.15) is 0 Å². The minimum Gasteiger partial charge on any atom is -0.481 e. The van der Waals surface area contributed by atoms with Crippen molar-refractivity contribution in [1.82, 2.24) is 15.1 Å². The van der Waals surface area contributed by atoms with Crippen LogP contribution >= 0.6 is 0 Å². The Bertz CT molecular complexity index is 1590. The quantitative estimate of drug-likeness (QED) is 0.175. The van der Waals surface area contributed by atoms with E-state index in [0.29, 0.717) is 29.8 Å². The third kappa shape index (κ3) is 7.62. The molecule has 1 saturated carbocycles. The van der Waals surface area contributed by atoms with Gasteiger partial charge in [0.25, 0.3) is 5.91 Å². The Kier molecular flexibility index (Phi) is 10.2. The van der Waals surface area contributed by atoms with Gasteiger partial charge < -0.3 is 26.0 Å². The molecule has 0 aromatic heterocycles. The van der Waals surface area contributed by atoms with Gasteiger partial charge in [0.15, 0.2) is 0 Å². The van der Waals surface area contributed by atoms with E-state index in [1.54, 1.807) is 71.6 Å². The van der Waals surface area contributed by atoms with Gasteiger partial charge in [0, 0.05) is 17.9 Å². The molecule has 2 atom stereocenters. The number of anilines is 2. The van der Waals surface area contributed by atoms with Crippen molar-refractivity contribution in [2.75, 3.05) is 10.6 Å². The number of nitrogens with one attached hydrogen (secondary N) is 3. The molecule has 3 aromatic carbocycles. The molecule has 0 bridgehead atoms. The molecule has 1 heterocycles. The molecule has 1 spiro atoms. The van der Waals surface area contributed by atoms with Gasteiger partial charge in [-0.05, 0) is 60.6 Å². The Hall–Kier alpha value is -5.19. The molecule has 11 nitrogen and oxygen atoms in total. The average Bonchev–Trinajstić information content (AvgIpc) is 3.61. The van der Waals surface area contributed by atoms with Crippen molar-refractivity contribution in [2.45, 2.75) is 76.5 Å². The molecule has 6 amide bonds. The highest BCUT2D eigenvalue weighted by Gasteiger charge is 2.60. The first-order valence-electron chi connectivity index (χ1n) is 16.0. The SMILES string of the molecule is CC(C)C[C@@H](C(=O)NC(CC(=O)O)c1ccccc1)N1C(=O)N(Cc2ccc(NC(=O)Nc3ccccc3)cc2)C2(CCCC2)C1=O. The fraction of sp³-hybridized carbons (Fsp3) is 0.361.